The van der Waals surface area contributed by atoms with Gasteiger partial charge in [-0.2, -0.15) is 0 Å². The minimum Gasteiger partial charge on any atom is -0.299 e. The van der Waals surface area contributed by atoms with Gasteiger partial charge in [0.05, 0.1) is 0 Å². The fraction of sp³-hybridized carbons (Fsp3) is 0.889. The van der Waals surface area contributed by atoms with Crippen molar-refractivity contribution in [2.75, 3.05) is 0 Å². The van der Waals surface area contributed by atoms with Crippen molar-refractivity contribution in [3.05, 3.63) is 0 Å². The zero-order chi connectivity index (χ0) is 10.3. The van der Waals surface area contributed by atoms with Crippen molar-refractivity contribution < 1.29 is 13.6 Å². The first-order valence-corrected chi connectivity index (χ1v) is 5.59. The molecule has 14 heavy (non-hydrogen) atoms. The summed E-state index contributed by atoms with van der Waals surface area (Å²) in [6.07, 6.45) is 0.204. The van der Waals surface area contributed by atoms with Crippen LogP contribution in [0.4, 0.5) is 8.78 Å². The summed E-state index contributed by atoms with van der Waals surface area (Å²) in [6.45, 7) is 2.06. The van der Waals surface area contributed by atoms with E-state index in [1.54, 1.807) is 0 Å². The number of rotatable bonds is 4. The summed E-state index contributed by atoms with van der Waals surface area (Å²) in [5, 5.41) is 0. The molecule has 0 saturated heterocycles. The minimum absolute atomic E-state index is 0.172. The lowest BCUT2D eigenvalue weighted by Crippen LogP contribution is -2.22. The summed E-state index contributed by atoms with van der Waals surface area (Å²) in [5.41, 5.74) is 0. The molecule has 0 radical (unpaired) electrons. The zero-order valence-corrected chi connectivity index (χ0v) is 8.74. The Morgan fingerprint density at radius 3 is 2.64 bits per heavy atom. The summed E-state index contributed by atoms with van der Waals surface area (Å²) in [4.78, 5) is 11.3. The Morgan fingerprint density at radius 1 is 1.57 bits per heavy atom. The van der Waals surface area contributed by atoms with E-state index in [0.717, 1.165) is 12.8 Å². The van der Waals surface area contributed by atoms with Gasteiger partial charge in [-0.3, -0.25) is 9.52 Å². The van der Waals surface area contributed by atoms with Crippen molar-refractivity contribution in [2.24, 2.45) is 11.8 Å². The van der Waals surface area contributed by atoms with Crippen LogP contribution in [0.5, 0.6) is 0 Å². The van der Waals surface area contributed by atoms with Gasteiger partial charge in [-0.05, 0) is 38.1 Å². The molecule has 2 fully saturated rings. The maximum absolute atomic E-state index is 12.1. The molecule has 0 aliphatic heterocycles. The number of amides is 1. The lowest BCUT2D eigenvalue weighted by molar-refractivity contribution is -0.121. The number of alkyl halides is 2. The molecule has 2 nitrogen and oxygen atoms in total. The van der Waals surface area contributed by atoms with Crippen molar-refractivity contribution in [1.82, 2.24) is 4.72 Å². The van der Waals surface area contributed by atoms with E-state index >= 15 is 0 Å². The van der Waals surface area contributed by atoms with Crippen molar-refractivity contribution in [2.45, 2.75) is 37.4 Å². The van der Waals surface area contributed by atoms with Crippen LogP contribution in [-0.4, -0.2) is 17.1 Å². The minimum atomic E-state index is -2.34. The Labute approximate surface area is 85.9 Å². The van der Waals surface area contributed by atoms with Crippen LogP contribution >= 0.6 is 11.9 Å². The molecule has 5 heteroatoms. The molecule has 2 atom stereocenters. The molecule has 0 aromatic rings. The third-order valence-corrected chi connectivity index (χ3v) is 4.06. The molecule has 0 aromatic heterocycles. The molecule has 80 valence electrons. The second kappa shape index (κ2) is 3.36. The topological polar surface area (TPSA) is 29.1 Å². The number of hydrogen-bond donors (Lipinski definition) is 1. The van der Waals surface area contributed by atoms with Crippen LogP contribution in [0.3, 0.4) is 0 Å². The lowest BCUT2D eigenvalue weighted by atomic mass is 10.3. The number of carbonyl (C=O) groups excluding carboxylic acids is 1. The molecule has 0 aromatic carbocycles. The van der Waals surface area contributed by atoms with Crippen LogP contribution in [-0.2, 0) is 4.79 Å². The largest absolute Gasteiger partial charge is 0.299 e. The Kier molecular flexibility index (Phi) is 2.45. The maximum atomic E-state index is 12.1. The van der Waals surface area contributed by atoms with Crippen LogP contribution in [0.15, 0.2) is 0 Å². The number of carbonyl (C=O) groups is 1. The number of halogens is 2. The van der Waals surface area contributed by atoms with Crippen molar-refractivity contribution in [1.29, 1.82) is 0 Å². The van der Waals surface area contributed by atoms with E-state index in [1.165, 1.54) is 11.9 Å². The zero-order valence-electron chi connectivity index (χ0n) is 7.93. The van der Waals surface area contributed by atoms with Crippen molar-refractivity contribution >= 4 is 17.9 Å². The molecule has 2 unspecified atom stereocenters. The van der Waals surface area contributed by atoms with Gasteiger partial charge in [-0.15, -0.1) is 0 Å². The van der Waals surface area contributed by atoms with E-state index in [2.05, 4.69) is 11.6 Å². The molecule has 1 N–H and O–H groups in total. The molecule has 2 aliphatic rings. The highest BCUT2D eigenvalue weighted by atomic mass is 32.2. The van der Waals surface area contributed by atoms with Crippen LogP contribution in [0.25, 0.3) is 0 Å². The highest BCUT2D eigenvalue weighted by Crippen LogP contribution is 2.48. The summed E-state index contributed by atoms with van der Waals surface area (Å²) in [7, 11) is 0. The highest BCUT2D eigenvalue weighted by Gasteiger charge is 2.49. The molecule has 2 rings (SSSR count). The monoisotopic (exact) mass is 221 g/mol. The predicted molar refractivity (Wildman–Crippen MR) is 51.0 cm³/mol. The second-order valence-corrected chi connectivity index (χ2v) is 5.75. The Morgan fingerprint density at radius 2 is 2.21 bits per heavy atom. The second-order valence-electron chi connectivity index (χ2n) is 4.36. The standard InChI is InChI=1S/C9H13F2NOS/c1-9(2-3-9)14-12-8(13)6-4-5(6)7(10)11/h5-7H,2-4H2,1H3,(H,12,13). The Hall–Kier alpha value is -0.320. The Bertz CT molecular complexity index is 255. The molecule has 2 saturated carbocycles. The molecule has 2 aliphatic carbocycles. The van der Waals surface area contributed by atoms with E-state index in [1.807, 2.05) is 0 Å². The van der Waals surface area contributed by atoms with Crippen molar-refractivity contribution in [3.63, 3.8) is 0 Å². The van der Waals surface area contributed by atoms with E-state index in [4.69, 9.17) is 0 Å². The van der Waals surface area contributed by atoms with Gasteiger partial charge >= 0.3 is 0 Å². The fourth-order valence-electron chi connectivity index (χ4n) is 1.32. The molecular formula is C9H13F2NOS. The highest BCUT2D eigenvalue weighted by molar-refractivity contribution is 7.99. The first-order chi connectivity index (χ1) is 6.52. The lowest BCUT2D eigenvalue weighted by Gasteiger charge is -2.08. The SMILES string of the molecule is CC1(SNC(=O)C2CC2C(F)F)CC1. The molecule has 0 spiro atoms. The predicted octanol–water partition coefficient (Wildman–Crippen LogP) is 2.20. The fourth-order valence-corrected chi connectivity index (χ4v) is 2.13. The quantitative estimate of drug-likeness (QED) is 0.737. The van der Waals surface area contributed by atoms with Gasteiger partial charge in [-0.1, -0.05) is 0 Å². The Balaban J connectivity index is 1.70. The van der Waals surface area contributed by atoms with E-state index in [-0.39, 0.29) is 10.7 Å². The molecule has 1 amide bonds. The smallest absolute Gasteiger partial charge is 0.242 e. The van der Waals surface area contributed by atoms with Gasteiger partial charge in [0.15, 0.2) is 0 Å². The van der Waals surface area contributed by atoms with Crippen LogP contribution in [0, 0.1) is 11.8 Å². The van der Waals surface area contributed by atoms with Crippen molar-refractivity contribution in [3.8, 4) is 0 Å². The maximum Gasteiger partial charge on any atom is 0.242 e. The van der Waals surface area contributed by atoms with Gasteiger partial charge < -0.3 is 0 Å². The summed E-state index contributed by atoms with van der Waals surface area (Å²) in [5.74, 6) is -1.35. The third kappa shape index (κ3) is 2.19. The van der Waals surface area contributed by atoms with Crippen LogP contribution < -0.4 is 4.72 Å². The first kappa shape index (κ1) is 10.2. The van der Waals surface area contributed by atoms with Gasteiger partial charge in [0.2, 0.25) is 12.3 Å². The number of nitrogens with one attached hydrogen (secondary N) is 1. The van der Waals surface area contributed by atoms with Gasteiger partial charge in [0.1, 0.15) is 0 Å². The van der Waals surface area contributed by atoms with Gasteiger partial charge in [0, 0.05) is 16.6 Å². The van der Waals surface area contributed by atoms with E-state index < -0.39 is 18.3 Å². The third-order valence-electron chi connectivity index (χ3n) is 2.85. The van der Waals surface area contributed by atoms with Gasteiger partial charge in [0.25, 0.3) is 0 Å². The average Bonchev–Trinajstić information content (AvgIpc) is 2.95. The van der Waals surface area contributed by atoms with Gasteiger partial charge in [-0.25, -0.2) is 8.78 Å². The number of hydrogen-bond acceptors (Lipinski definition) is 2. The normalized spacial score (nSPS) is 32.9. The average molecular weight is 221 g/mol. The van der Waals surface area contributed by atoms with E-state index in [0.29, 0.717) is 6.42 Å². The summed E-state index contributed by atoms with van der Waals surface area (Å²) >= 11 is 1.39. The molecule has 0 heterocycles. The molecular weight excluding hydrogens is 208 g/mol. The first-order valence-electron chi connectivity index (χ1n) is 4.78. The van der Waals surface area contributed by atoms with Crippen LogP contribution in [0.2, 0.25) is 0 Å². The summed E-state index contributed by atoms with van der Waals surface area (Å²) in [6, 6.07) is 0. The molecule has 0 bridgehead atoms. The van der Waals surface area contributed by atoms with E-state index in [9.17, 15) is 13.6 Å². The van der Waals surface area contributed by atoms with Crippen LogP contribution in [0.1, 0.15) is 26.2 Å². The summed E-state index contributed by atoms with van der Waals surface area (Å²) < 4.78 is 27.1.